The fourth-order valence-electron chi connectivity index (χ4n) is 3.12. The number of nitrogens with one attached hydrogen (secondary N) is 1. The van der Waals surface area contributed by atoms with Gasteiger partial charge in [0, 0.05) is 24.4 Å². The standard InChI is InChI=1S/C14H26N2OS/c1-18-14(7-3-2-4-8-14)12-15-11-13(17)16-9-5-6-10-16/h15H,2-12H2,1H3. The molecule has 4 heteroatoms. The SMILES string of the molecule is CSC1(CNCC(=O)N2CCCC2)CCCCC1. The highest BCUT2D eigenvalue weighted by Crippen LogP contribution is 2.37. The van der Waals surface area contributed by atoms with Gasteiger partial charge in [-0.1, -0.05) is 19.3 Å². The lowest BCUT2D eigenvalue weighted by Gasteiger charge is -2.36. The molecule has 0 spiro atoms. The summed E-state index contributed by atoms with van der Waals surface area (Å²) in [4.78, 5) is 13.9. The normalized spacial score (nSPS) is 23.3. The van der Waals surface area contributed by atoms with Gasteiger partial charge in [0.1, 0.15) is 0 Å². The Morgan fingerprint density at radius 2 is 1.83 bits per heavy atom. The molecular weight excluding hydrogens is 244 g/mol. The van der Waals surface area contributed by atoms with E-state index in [2.05, 4.69) is 11.6 Å². The first-order valence-electron chi connectivity index (χ1n) is 7.29. The number of amides is 1. The van der Waals surface area contributed by atoms with Crippen LogP contribution in [0, 0.1) is 0 Å². The second kappa shape index (κ2) is 6.80. The maximum Gasteiger partial charge on any atom is 0.236 e. The smallest absolute Gasteiger partial charge is 0.236 e. The summed E-state index contributed by atoms with van der Waals surface area (Å²) in [5, 5.41) is 3.41. The molecule has 0 aromatic heterocycles. The second-order valence-electron chi connectivity index (χ2n) is 5.64. The van der Waals surface area contributed by atoms with Crippen LogP contribution in [0.4, 0.5) is 0 Å². The van der Waals surface area contributed by atoms with Gasteiger partial charge >= 0.3 is 0 Å². The molecule has 3 nitrogen and oxygen atoms in total. The monoisotopic (exact) mass is 270 g/mol. The zero-order valence-corrected chi connectivity index (χ0v) is 12.4. The number of likely N-dealkylation sites (tertiary alicyclic amines) is 1. The molecule has 1 aliphatic heterocycles. The number of nitrogens with zero attached hydrogens (tertiary/aromatic N) is 1. The van der Waals surface area contributed by atoms with E-state index in [0.29, 0.717) is 17.2 Å². The summed E-state index contributed by atoms with van der Waals surface area (Å²) in [5.41, 5.74) is 0. The van der Waals surface area contributed by atoms with Gasteiger partial charge in [-0.3, -0.25) is 4.79 Å². The Balaban J connectivity index is 1.71. The molecule has 2 fully saturated rings. The average molecular weight is 270 g/mol. The van der Waals surface area contributed by atoms with Crippen molar-refractivity contribution in [3.8, 4) is 0 Å². The Bertz CT molecular complexity index is 271. The third-order valence-electron chi connectivity index (χ3n) is 4.38. The van der Waals surface area contributed by atoms with E-state index >= 15 is 0 Å². The van der Waals surface area contributed by atoms with E-state index < -0.39 is 0 Å². The van der Waals surface area contributed by atoms with Gasteiger partial charge in [-0.05, 0) is 31.9 Å². The molecular formula is C14H26N2OS. The second-order valence-corrected chi connectivity index (χ2v) is 6.91. The van der Waals surface area contributed by atoms with E-state index in [1.165, 1.54) is 44.9 Å². The van der Waals surface area contributed by atoms with E-state index in [1.54, 1.807) is 0 Å². The minimum absolute atomic E-state index is 0.291. The maximum absolute atomic E-state index is 11.9. The fraction of sp³-hybridized carbons (Fsp3) is 0.929. The lowest BCUT2D eigenvalue weighted by Crippen LogP contribution is -2.43. The van der Waals surface area contributed by atoms with Crippen LogP contribution in [0.3, 0.4) is 0 Å². The fourth-order valence-corrected chi connectivity index (χ4v) is 4.07. The van der Waals surface area contributed by atoms with E-state index in [9.17, 15) is 4.79 Å². The lowest BCUT2D eigenvalue weighted by molar-refractivity contribution is -0.129. The minimum Gasteiger partial charge on any atom is -0.342 e. The van der Waals surface area contributed by atoms with Crippen LogP contribution in [-0.2, 0) is 4.79 Å². The van der Waals surface area contributed by atoms with Gasteiger partial charge in [0.05, 0.1) is 6.54 Å². The van der Waals surface area contributed by atoms with Crippen molar-refractivity contribution < 1.29 is 4.79 Å². The molecule has 0 aromatic rings. The Morgan fingerprint density at radius 3 is 2.44 bits per heavy atom. The van der Waals surface area contributed by atoms with Crippen molar-refractivity contribution >= 4 is 17.7 Å². The highest BCUT2D eigenvalue weighted by molar-refractivity contribution is 8.00. The van der Waals surface area contributed by atoms with Crippen molar-refractivity contribution in [1.82, 2.24) is 10.2 Å². The van der Waals surface area contributed by atoms with Gasteiger partial charge < -0.3 is 10.2 Å². The van der Waals surface area contributed by atoms with Gasteiger partial charge in [-0.2, -0.15) is 11.8 Å². The topological polar surface area (TPSA) is 32.3 Å². The van der Waals surface area contributed by atoms with Gasteiger partial charge in [-0.25, -0.2) is 0 Å². The van der Waals surface area contributed by atoms with Crippen LogP contribution in [-0.4, -0.2) is 48.0 Å². The Morgan fingerprint density at radius 1 is 1.17 bits per heavy atom. The molecule has 18 heavy (non-hydrogen) atoms. The lowest BCUT2D eigenvalue weighted by atomic mass is 9.88. The van der Waals surface area contributed by atoms with Gasteiger partial charge in [0.15, 0.2) is 0 Å². The van der Waals surface area contributed by atoms with E-state index in [1.807, 2.05) is 16.7 Å². The number of hydrogen-bond acceptors (Lipinski definition) is 3. The molecule has 1 amide bonds. The first-order chi connectivity index (χ1) is 8.76. The van der Waals surface area contributed by atoms with Gasteiger partial charge in [0.25, 0.3) is 0 Å². The molecule has 0 atom stereocenters. The van der Waals surface area contributed by atoms with Crippen molar-refractivity contribution in [2.75, 3.05) is 32.4 Å². The van der Waals surface area contributed by atoms with Gasteiger partial charge in [-0.15, -0.1) is 0 Å². The van der Waals surface area contributed by atoms with Crippen LogP contribution in [0.15, 0.2) is 0 Å². The van der Waals surface area contributed by atoms with Crippen LogP contribution in [0.1, 0.15) is 44.9 Å². The largest absolute Gasteiger partial charge is 0.342 e. The number of thioether (sulfide) groups is 1. The van der Waals surface area contributed by atoms with E-state index in [4.69, 9.17) is 0 Å². The van der Waals surface area contributed by atoms with Crippen LogP contribution in [0.5, 0.6) is 0 Å². The molecule has 1 saturated carbocycles. The molecule has 1 heterocycles. The molecule has 0 aromatic carbocycles. The van der Waals surface area contributed by atoms with Crippen molar-refractivity contribution in [1.29, 1.82) is 0 Å². The number of carbonyl (C=O) groups excluding carboxylic acids is 1. The summed E-state index contributed by atoms with van der Waals surface area (Å²) in [7, 11) is 0. The van der Waals surface area contributed by atoms with Crippen LogP contribution < -0.4 is 5.32 Å². The number of hydrogen-bond donors (Lipinski definition) is 1. The Kier molecular flexibility index (Phi) is 5.37. The summed E-state index contributed by atoms with van der Waals surface area (Å²) in [6, 6.07) is 0. The third kappa shape index (κ3) is 3.64. The molecule has 0 radical (unpaired) electrons. The third-order valence-corrected chi connectivity index (χ3v) is 5.80. The van der Waals surface area contributed by atoms with Crippen LogP contribution in [0.25, 0.3) is 0 Å². The highest BCUT2D eigenvalue weighted by Gasteiger charge is 2.31. The van der Waals surface area contributed by atoms with E-state index in [-0.39, 0.29) is 0 Å². The predicted molar refractivity (Wildman–Crippen MR) is 78.0 cm³/mol. The Hall–Kier alpha value is -0.220. The number of carbonyl (C=O) groups is 1. The molecule has 2 rings (SSSR count). The molecule has 2 aliphatic rings. The average Bonchev–Trinajstić information content (AvgIpc) is 2.94. The van der Waals surface area contributed by atoms with Gasteiger partial charge in [0.2, 0.25) is 5.91 Å². The summed E-state index contributed by atoms with van der Waals surface area (Å²) >= 11 is 1.99. The molecule has 104 valence electrons. The van der Waals surface area contributed by atoms with Crippen LogP contribution in [0.2, 0.25) is 0 Å². The predicted octanol–water partition coefficient (Wildman–Crippen LogP) is 2.26. The quantitative estimate of drug-likeness (QED) is 0.832. The minimum atomic E-state index is 0.291. The van der Waals surface area contributed by atoms with Crippen molar-refractivity contribution in [3.05, 3.63) is 0 Å². The maximum atomic E-state index is 11.9. The first kappa shape index (κ1) is 14.2. The van der Waals surface area contributed by atoms with E-state index in [0.717, 1.165) is 19.6 Å². The van der Waals surface area contributed by atoms with Crippen molar-refractivity contribution in [2.24, 2.45) is 0 Å². The molecule has 1 aliphatic carbocycles. The molecule has 0 unspecified atom stereocenters. The zero-order chi connectivity index (χ0) is 12.8. The highest BCUT2D eigenvalue weighted by atomic mass is 32.2. The zero-order valence-electron chi connectivity index (χ0n) is 11.5. The molecule has 1 saturated heterocycles. The van der Waals surface area contributed by atoms with Crippen LogP contribution >= 0.6 is 11.8 Å². The summed E-state index contributed by atoms with van der Waals surface area (Å²) in [5.74, 6) is 0.291. The molecule has 0 bridgehead atoms. The summed E-state index contributed by atoms with van der Waals surface area (Å²) in [6.45, 7) is 3.46. The van der Waals surface area contributed by atoms with Crippen molar-refractivity contribution in [3.63, 3.8) is 0 Å². The summed E-state index contributed by atoms with van der Waals surface area (Å²) in [6.07, 6.45) is 11.3. The summed E-state index contributed by atoms with van der Waals surface area (Å²) < 4.78 is 0.392. The molecule has 1 N–H and O–H groups in total. The first-order valence-corrected chi connectivity index (χ1v) is 8.52. The number of rotatable bonds is 5. The van der Waals surface area contributed by atoms with Crippen molar-refractivity contribution in [2.45, 2.75) is 49.7 Å². The Labute approximate surface area is 115 Å².